The molecule has 8 heteroatoms. The van der Waals surface area contributed by atoms with E-state index in [2.05, 4.69) is 39.3 Å². The van der Waals surface area contributed by atoms with Crippen molar-refractivity contribution in [3.63, 3.8) is 0 Å². The standard InChI is InChI=1S/C18H29N7O/c1-11(2)14-8-16(22-18(21-14)24(3)4)19-9-13-6-12(7-15(13)26)17-23-20-10-25(17)5/h8,10-13,15,26H,6-7,9H2,1-5H3,(H,19,21,22)/t12-,13+,15+/m0/s1. The maximum absolute atomic E-state index is 10.5. The lowest BCUT2D eigenvalue weighted by Gasteiger charge is -2.18. The van der Waals surface area contributed by atoms with Crippen LogP contribution in [0, 0.1) is 5.92 Å². The maximum Gasteiger partial charge on any atom is 0.227 e. The fourth-order valence-corrected chi connectivity index (χ4v) is 3.47. The number of rotatable bonds is 6. The van der Waals surface area contributed by atoms with Crippen LogP contribution in [0.25, 0.3) is 0 Å². The van der Waals surface area contributed by atoms with Gasteiger partial charge in [-0.1, -0.05) is 13.8 Å². The molecule has 2 N–H and O–H groups in total. The van der Waals surface area contributed by atoms with Crippen molar-refractivity contribution in [1.82, 2.24) is 24.7 Å². The minimum absolute atomic E-state index is 0.164. The summed E-state index contributed by atoms with van der Waals surface area (Å²) in [4.78, 5) is 11.1. The van der Waals surface area contributed by atoms with Gasteiger partial charge in [0.05, 0.1) is 11.8 Å². The van der Waals surface area contributed by atoms with Gasteiger partial charge in [-0.25, -0.2) is 4.98 Å². The molecule has 2 aromatic heterocycles. The molecular formula is C18H29N7O. The minimum Gasteiger partial charge on any atom is -0.393 e. The van der Waals surface area contributed by atoms with Crippen molar-refractivity contribution in [2.45, 2.75) is 44.6 Å². The van der Waals surface area contributed by atoms with Gasteiger partial charge in [0.15, 0.2) is 0 Å². The first-order valence-electron chi connectivity index (χ1n) is 9.17. The van der Waals surface area contributed by atoms with E-state index >= 15 is 0 Å². The molecule has 2 aromatic rings. The Hall–Kier alpha value is -2.22. The first-order chi connectivity index (χ1) is 12.3. The van der Waals surface area contributed by atoms with Crippen molar-refractivity contribution < 1.29 is 5.11 Å². The Labute approximate surface area is 154 Å². The smallest absolute Gasteiger partial charge is 0.227 e. The van der Waals surface area contributed by atoms with Gasteiger partial charge in [-0.15, -0.1) is 10.2 Å². The van der Waals surface area contributed by atoms with Crippen molar-refractivity contribution in [1.29, 1.82) is 0 Å². The Morgan fingerprint density at radius 3 is 2.69 bits per heavy atom. The third kappa shape index (κ3) is 3.95. The molecular weight excluding hydrogens is 330 g/mol. The summed E-state index contributed by atoms with van der Waals surface area (Å²) in [7, 11) is 5.83. The lowest BCUT2D eigenvalue weighted by atomic mass is 10.0. The molecule has 0 radical (unpaired) electrons. The number of hydrogen-bond acceptors (Lipinski definition) is 7. The summed E-state index contributed by atoms with van der Waals surface area (Å²) in [6, 6.07) is 2.00. The average molecular weight is 359 g/mol. The number of aryl methyl sites for hydroxylation is 1. The lowest BCUT2D eigenvalue weighted by Crippen LogP contribution is -2.23. The predicted molar refractivity (Wildman–Crippen MR) is 101 cm³/mol. The molecule has 26 heavy (non-hydrogen) atoms. The zero-order valence-electron chi connectivity index (χ0n) is 16.2. The second kappa shape index (κ2) is 7.57. The van der Waals surface area contributed by atoms with E-state index in [9.17, 15) is 5.11 Å². The highest BCUT2D eigenvalue weighted by atomic mass is 16.3. The summed E-state index contributed by atoms with van der Waals surface area (Å²) >= 11 is 0. The number of nitrogens with one attached hydrogen (secondary N) is 1. The fourth-order valence-electron chi connectivity index (χ4n) is 3.47. The molecule has 1 aliphatic rings. The van der Waals surface area contributed by atoms with Gasteiger partial charge in [-0.2, -0.15) is 4.98 Å². The summed E-state index contributed by atoms with van der Waals surface area (Å²) in [5.41, 5.74) is 1.01. The number of nitrogens with zero attached hydrogens (tertiary/aromatic N) is 6. The zero-order chi connectivity index (χ0) is 18.8. The summed E-state index contributed by atoms with van der Waals surface area (Å²) in [5, 5.41) is 22.0. The van der Waals surface area contributed by atoms with Gasteiger partial charge in [-0.3, -0.25) is 0 Å². The number of hydrogen-bond donors (Lipinski definition) is 2. The highest BCUT2D eigenvalue weighted by Crippen LogP contribution is 2.37. The van der Waals surface area contributed by atoms with Crippen LogP contribution in [0.5, 0.6) is 0 Å². The van der Waals surface area contributed by atoms with Crippen LogP contribution in [0.2, 0.25) is 0 Å². The lowest BCUT2D eigenvalue weighted by molar-refractivity contribution is 0.137. The number of aliphatic hydroxyl groups excluding tert-OH is 1. The van der Waals surface area contributed by atoms with Crippen molar-refractivity contribution in [3.8, 4) is 0 Å². The van der Waals surface area contributed by atoms with E-state index in [-0.39, 0.29) is 17.9 Å². The molecule has 0 unspecified atom stereocenters. The van der Waals surface area contributed by atoms with E-state index in [0.717, 1.165) is 30.2 Å². The fraction of sp³-hybridized carbons (Fsp3) is 0.667. The molecule has 1 aliphatic carbocycles. The molecule has 3 atom stereocenters. The van der Waals surface area contributed by atoms with Crippen LogP contribution in [-0.4, -0.2) is 56.6 Å². The Balaban J connectivity index is 1.68. The topological polar surface area (TPSA) is 92.0 Å². The van der Waals surface area contributed by atoms with E-state index in [4.69, 9.17) is 0 Å². The van der Waals surface area contributed by atoms with Crippen LogP contribution in [0.1, 0.15) is 50.0 Å². The highest BCUT2D eigenvalue weighted by Gasteiger charge is 2.35. The van der Waals surface area contributed by atoms with Gasteiger partial charge < -0.3 is 19.9 Å². The molecule has 0 bridgehead atoms. The van der Waals surface area contributed by atoms with Crippen LogP contribution >= 0.6 is 0 Å². The minimum atomic E-state index is -0.344. The zero-order valence-corrected chi connectivity index (χ0v) is 16.2. The normalized spacial score (nSPS) is 22.8. The van der Waals surface area contributed by atoms with Crippen LogP contribution in [0.4, 0.5) is 11.8 Å². The van der Waals surface area contributed by atoms with Gasteiger partial charge in [0.25, 0.3) is 0 Å². The number of aromatic nitrogens is 5. The summed E-state index contributed by atoms with van der Waals surface area (Å²) in [5.74, 6) is 3.19. The van der Waals surface area contributed by atoms with E-state index in [1.807, 2.05) is 36.7 Å². The highest BCUT2D eigenvalue weighted by molar-refractivity contribution is 5.44. The monoisotopic (exact) mass is 359 g/mol. The molecule has 3 rings (SSSR count). The van der Waals surface area contributed by atoms with Crippen molar-refractivity contribution in [2.75, 3.05) is 30.9 Å². The third-order valence-electron chi connectivity index (χ3n) is 5.04. The molecule has 0 aliphatic heterocycles. The van der Waals surface area contributed by atoms with E-state index in [1.54, 1.807) is 6.33 Å². The van der Waals surface area contributed by atoms with Crippen LogP contribution in [0.15, 0.2) is 12.4 Å². The summed E-state index contributed by atoms with van der Waals surface area (Å²) in [6.07, 6.45) is 2.99. The van der Waals surface area contributed by atoms with Gasteiger partial charge in [-0.05, 0) is 18.8 Å². The molecule has 1 saturated carbocycles. The Morgan fingerprint density at radius 1 is 1.31 bits per heavy atom. The Morgan fingerprint density at radius 2 is 2.08 bits per heavy atom. The Bertz CT molecular complexity index is 717. The van der Waals surface area contributed by atoms with Crippen molar-refractivity contribution >= 4 is 11.8 Å². The average Bonchev–Trinajstić information content (AvgIpc) is 3.18. The third-order valence-corrected chi connectivity index (χ3v) is 5.04. The summed E-state index contributed by atoms with van der Waals surface area (Å²) in [6.45, 7) is 4.92. The predicted octanol–water partition coefficient (Wildman–Crippen LogP) is 1.76. The SMILES string of the molecule is CC(C)c1cc(NC[C@H]2C[C@H](c3nncn3C)C[C@H]2O)nc(N(C)C)n1. The van der Waals surface area contributed by atoms with Crippen molar-refractivity contribution in [2.24, 2.45) is 13.0 Å². The molecule has 0 aromatic carbocycles. The van der Waals surface area contributed by atoms with Crippen LogP contribution in [0.3, 0.4) is 0 Å². The molecule has 0 amide bonds. The van der Waals surface area contributed by atoms with Crippen LogP contribution in [-0.2, 0) is 7.05 Å². The van der Waals surface area contributed by atoms with Crippen molar-refractivity contribution in [3.05, 3.63) is 23.9 Å². The van der Waals surface area contributed by atoms with E-state index in [1.165, 1.54) is 0 Å². The van der Waals surface area contributed by atoms with Gasteiger partial charge in [0.1, 0.15) is 18.0 Å². The van der Waals surface area contributed by atoms with Gasteiger partial charge in [0.2, 0.25) is 5.95 Å². The summed E-state index contributed by atoms with van der Waals surface area (Å²) < 4.78 is 1.94. The van der Waals surface area contributed by atoms with Gasteiger partial charge >= 0.3 is 0 Å². The molecule has 8 nitrogen and oxygen atoms in total. The molecule has 142 valence electrons. The molecule has 0 saturated heterocycles. The number of anilines is 2. The maximum atomic E-state index is 10.5. The molecule has 0 spiro atoms. The first-order valence-corrected chi connectivity index (χ1v) is 9.17. The van der Waals surface area contributed by atoms with Gasteiger partial charge in [0, 0.05) is 45.6 Å². The quantitative estimate of drug-likeness (QED) is 0.812. The van der Waals surface area contributed by atoms with E-state index < -0.39 is 0 Å². The largest absolute Gasteiger partial charge is 0.393 e. The number of aliphatic hydroxyl groups is 1. The second-order valence-electron chi connectivity index (χ2n) is 7.70. The molecule has 2 heterocycles. The second-order valence-corrected chi connectivity index (χ2v) is 7.70. The van der Waals surface area contributed by atoms with E-state index in [0.29, 0.717) is 18.4 Å². The van der Waals surface area contributed by atoms with Crippen LogP contribution < -0.4 is 10.2 Å². The Kier molecular flexibility index (Phi) is 5.41. The first kappa shape index (κ1) is 18.6. The molecule has 1 fully saturated rings.